The number of para-hydroxylation sites is 1. The molecule has 0 aliphatic rings. The summed E-state index contributed by atoms with van der Waals surface area (Å²) in [4.78, 5) is 11.1. The van der Waals surface area contributed by atoms with Crippen molar-refractivity contribution in [3.05, 3.63) is 77.9 Å². The van der Waals surface area contributed by atoms with E-state index in [-0.39, 0.29) is 13.0 Å². The average Bonchev–Trinajstić information content (AvgIpc) is 3.45. The van der Waals surface area contributed by atoms with Crippen LogP contribution in [0, 0.1) is 0 Å². The number of nitrogens with zero attached hydrogens (tertiary/aromatic N) is 1. The Morgan fingerprint density at radius 3 is 2.74 bits per heavy atom. The number of aliphatic carboxylic acids is 1. The highest BCUT2D eigenvalue weighted by molar-refractivity contribution is 7.91. The van der Waals surface area contributed by atoms with Crippen molar-refractivity contribution in [3.63, 3.8) is 0 Å². The van der Waals surface area contributed by atoms with Crippen molar-refractivity contribution < 1.29 is 28.0 Å². The van der Waals surface area contributed by atoms with Crippen LogP contribution in [0.25, 0.3) is 22.1 Å². The van der Waals surface area contributed by atoms with Gasteiger partial charge in [-0.1, -0.05) is 22.6 Å². The van der Waals surface area contributed by atoms with Gasteiger partial charge in [-0.15, -0.1) is 0 Å². The maximum Gasteiger partial charge on any atom is 0.307 e. The maximum atomic E-state index is 12.2. The van der Waals surface area contributed by atoms with Crippen LogP contribution >= 0.6 is 0 Å². The third-order valence-corrected chi connectivity index (χ3v) is 6.39. The minimum atomic E-state index is -1.38. The SMILES string of the molecule is CC(C)(C)[S+]([O-])/N=C/c1cc(-c2cc(COc3ccccc3CC(=O)O)cc3ccoc23)co1. The Hall–Kier alpha value is -3.49. The topological polar surface area (TPSA) is 108 Å². The first-order valence-corrected chi connectivity index (χ1v) is 11.8. The molecule has 1 unspecified atom stereocenters. The molecule has 2 heterocycles. The summed E-state index contributed by atoms with van der Waals surface area (Å²) in [7, 11) is 0. The first-order valence-electron chi connectivity index (χ1n) is 10.7. The summed E-state index contributed by atoms with van der Waals surface area (Å²) < 4.78 is 33.1. The molecule has 1 atom stereocenters. The van der Waals surface area contributed by atoms with Crippen LogP contribution in [-0.2, 0) is 29.2 Å². The molecule has 0 amide bonds. The van der Waals surface area contributed by atoms with Crippen LogP contribution in [0.2, 0.25) is 0 Å². The van der Waals surface area contributed by atoms with Gasteiger partial charge in [0.15, 0.2) is 0 Å². The number of furan rings is 2. The number of benzene rings is 2. The highest BCUT2D eigenvalue weighted by atomic mass is 32.2. The van der Waals surface area contributed by atoms with Crippen LogP contribution in [-0.4, -0.2) is 26.6 Å². The predicted molar refractivity (Wildman–Crippen MR) is 132 cm³/mol. The summed E-state index contributed by atoms with van der Waals surface area (Å²) in [5, 5.41) is 10.0. The summed E-state index contributed by atoms with van der Waals surface area (Å²) in [6, 6.07) is 14.7. The lowest BCUT2D eigenvalue weighted by Gasteiger charge is -2.17. The van der Waals surface area contributed by atoms with E-state index < -0.39 is 22.1 Å². The molecule has 0 radical (unpaired) electrons. The van der Waals surface area contributed by atoms with Crippen molar-refractivity contribution in [2.45, 2.75) is 38.5 Å². The van der Waals surface area contributed by atoms with Crippen molar-refractivity contribution in [2.24, 2.45) is 4.40 Å². The van der Waals surface area contributed by atoms with Gasteiger partial charge in [-0.25, -0.2) is 0 Å². The minimum absolute atomic E-state index is 0.110. The summed E-state index contributed by atoms with van der Waals surface area (Å²) in [5.74, 6) is 0.104. The Morgan fingerprint density at radius 1 is 1.18 bits per heavy atom. The van der Waals surface area contributed by atoms with Crippen molar-refractivity contribution in [2.75, 3.05) is 0 Å². The zero-order valence-electron chi connectivity index (χ0n) is 19.1. The first-order chi connectivity index (χ1) is 16.2. The fourth-order valence-corrected chi connectivity index (χ4v) is 3.89. The van der Waals surface area contributed by atoms with E-state index in [1.54, 1.807) is 30.7 Å². The molecule has 34 heavy (non-hydrogen) atoms. The Labute approximate surface area is 200 Å². The Morgan fingerprint density at radius 2 is 1.97 bits per heavy atom. The number of carboxylic acid groups (broad SMARTS) is 1. The second-order valence-electron chi connectivity index (χ2n) is 8.78. The molecule has 0 aliphatic heterocycles. The lowest BCUT2D eigenvalue weighted by atomic mass is 10.0. The molecule has 4 aromatic rings. The van der Waals surface area contributed by atoms with Crippen molar-refractivity contribution in [1.82, 2.24) is 0 Å². The molecule has 0 bridgehead atoms. The molecule has 0 saturated heterocycles. The lowest BCUT2D eigenvalue weighted by molar-refractivity contribution is -0.136. The number of hydrogen-bond acceptors (Lipinski definition) is 6. The fraction of sp³-hybridized carbons (Fsp3) is 0.231. The van der Waals surface area contributed by atoms with Crippen LogP contribution < -0.4 is 4.74 Å². The molecule has 1 N–H and O–H groups in total. The van der Waals surface area contributed by atoms with Crippen molar-refractivity contribution in [1.29, 1.82) is 0 Å². The number of carboxylic acids is 1. The van der Waals surface area contributed by atoms with E-state index in [1.165, 1.54) is 6.21 Å². The second-order valence-corrected chi connectivity index (χ2v) is 10.7. The average molecular weight is 480 g/mol. The first kappa shape index (κ1) is 23.7. The van der Waals surface area contributed by atoms with Crippen LogP contribution in [0.4, 0.5) is 0 Å². The van der Waals surface area contributed by atoms with E-state index in [0.29, 0.717) is 22.7 Å². The normalized spacial score (nSPS) is 12.9. The molecule has 0 aliphatic carbocycles. The molecule has 0 spiro atoms. The third-order valence-electron chi connectivity index (χ3n) is 5.05. The molecular weight excluding hydrogens is 454 g/mol. The summed E-state index contributed by atoms with van der Waals surface area (Å²) in [6.45, 7) is 5.82. The monoisotopic (exact) mass is 479 g/mol. The molecule has 7 nitrogen and oxygen atoms in total. The maximum absolute atomic E-state index is 12.2. The molecule has 4 rings (SSSR count). The molecule has 0 fully saturated rings. The van der Waals surface area contributed by atoms with Gasteiger partial charge in [-0.3, -0.25) is 4.79 Å². The zero-order chi connectivity index (χ0) is 24.3. The van der Waals surface area contributed by atoms with Crippen LogP contribution in [0.3, 0.4) is 0 Å². The van der Waals surface area contributed by atoms with E-state index in [9.17, 15) is 9.35 Å². The number of hydrogen-bond donors (Lipinski definition) is 1. The van der Waals surface area contributed by atoms with Gasteiger partial charge in [-0.05, 0) is 56.7 Å². The highest BCUT2D eigenvalue weighted by Gasteiger charge is 2.26. The molecular formula is C26H25NO6S. The molecule has 0 saturated carbocycles. The van der Waals surface area contributed by atoms with E-state index in [4.69, 9.17) is 18.7 Å². The van der Waals surface area contributed by atoms with Gasteiger partial charge in [0.2, 0.25) is 0 Å². The predicted octanol–water partition coefficient (Wildman–Crippen LogP) is 5.78. The smallest absolute Gasteiger partial charge is 0.307 e. The van der Waals surface area contributed by atoms with Crippen LogP contribution in [0.1, 0.15) is 37.7 Å². The van der Waals surface area contributed by atoms with Crippen molar-refractivity contribution in [3.8, 4) is 16.9 Å². The van der Waals surface area contributed by atoms with Gasteiger partial charge in [-0.2, -0.15) is 0 Å². The summed E-state index contributed by atoms with van der Waals surface area (Å²) >= 11 is -1.38. The van der Waals surface area contributed by atoms with E-state index in [0.717, 1.165) is 22.1 Å². The Kier molecular flexibility index (Phi) is 6.81. The second kappa shape index (κ2) is 9.79. The van der Waals surface area contributed by atoms with Crippen LogP contribution in [0.15, 0.2) is 74.3 Å². The number of ether oxygens (including phenoxy) is 1. The third kappa shape index (κ3) is 5.52. The molecule has 2 aromatic carbocycles. The fourth-order valence-electron chi connectivity index (χ4n) is 3.38. The van der Waals surface area contributed by atoms with Gasteiger partial charge in [0, 0.05) is 22.1 Å². The van der Waals surface area contributed by atoms with Gasteiger partial charge in [0.1, 0.15) is 46.0 Å². The van der Waals surface area contributed by atoms with Gasteiger partial charge < -0.3 is 23.2 Å². The Balaban J connectivity index is 1.59. The summed E-state index contributed by atoms with van der Waals surface area (Å²) in [6.07, 6.45) is 4.58. The zero-order valence-corrected chi connectivity index (χ0v) is 19.9. The molecule has 176 valence electrons. The molecule has 8 heteroatoms. The highest BCUT2D eigenvalue weighted by Crippen LogP contribution is 2.33. The van der Waals surface area contributed by atoms with Gasteiger partial charge in [0.25, 0.3) is 0 Å². The molecule has 2 aromatic heterocycles. The lowest BCUT2D eigenvalue weighted by Crippen LogP contribution is -2.25. The minimum Gasteiger partial charge on any atom is -0.591 e. The number of carbonyl (C=O) groups is 1. The van der Waals surface area contributed by atoms with E-state index >= 15 is 0 Å². The summed E-state index contributed by atoms with van der Waals surface area (Å²) in [5.41, 5.74) is 3.82. The standard InChI is InChI=1S/C26H25NO6S/c1-26(2,3)34(30)27-14-21-12-20(16-32-21)22-11-17(10-19-8-9-31-25(19)22)15-33-23-7-5-4-6-18(23)13-24(28)29/h4-12,14,16H,13,15H2,1-3H3,(H,28,29)/b27-14+. The quantitative estimate of drug-likeness (QED) is 0.253. The van der Waals surface area contributed by atoms with Crippen LogP contribution in [0.5, 0.6) is 5.75 Å². The van der Waals surface area contributed by atoms with Crippen molar-refractivity contribution >= 4 is 34.5 Å². The van der Waals surface area contributed by atoms with E-state index in [1.807, 2.05) is 51.1 Å². The number of fused-ring (bicyclic) bond motifs is 1. The number of rotatable bonds is 8. The van der Waals surface area contributed by atoms with Gasteiger partial charge >= 0.3 is 5.97 Å². The largest absolute Gasteiger partial charge is 0.591 e. The van der Waals surface area contributed by atoms with Gasteiger partial charge in [0.05, 0.1) is 18.9 Å². The Bertz CT molecular complexity index is 1330. The van der Waals surface area contributed by atoms with E-state index in [2.05, 4.69) is 4.40 Å².